The summed E-state index contributed by atoms with van der Waals surface area (Å²) >= 11 is 0. The molecule has 5 heterocycles. The predicted octanol–water partition coefficient (Wildman–Crippen LogP) is -1.68. The van der Waals surface area contributed by atoms with E-state index >= 15 is 0 Å². The number of carbonyl (C=O) groups is 1. The molecule has 192 valence electrons. The van der Waals surface area contributed by atoms with E-state index in [-0.39, 0.29) is 23.9 Å². The van der Waals surface area contributed by atoms with Gasteiger partial charge in [0.1, 0.15) is 24.4 Å². The van der Waals surface area contributed by atoms with Gasteiger partial charge in [-0.25, -0.2) is 0 Å². The molecule has 1 aromatic rings. The molecule has 3 saturated heterocycles. The van der Waals surface area contributed by atoms with Crippen LogP contribution in [0.25, 0.3) is 5.57 Å². The highest BCUT2D eigenvalue weighted by Crippen LogP contribution is 2.45. The van der Waals surface area contributed by atoms with Crippen molar-refractivity contribution in [3.8, 4) is 0 Å². The predicted molar refractivity (Wildman–Crippen MR) is 124 cm³/mol. The van der Waals surface area contributed by atoms with Gasteiger partial charge in [-0.05, 0) is 24.5 Å². The molecule has 0 aliphatic carbocycles. The van der Waals surface area contributed by atoms with E-state index in [2.05, 4.69) is 12.6 Å². The Hall–Kier alpha value is -2.60. The van der Waals surface area contributed by atoms with Gasteiger partial charge in [0.05, 0.1) is 35.9 Å². The summed E-state index contributed by atoms with van der Waals surface area (Å²) < 4.78 is 17.2. The van der Waals surface area contributed by atoms with E-state index in [0.717, 1.165) is 17.0 Å². The molecule has 5 aliphatic rings. The minimum atomic E-state index is -1.57. The van der Waals surface area contributed by atoms with Gasteiger partial charge in [-0.15, -0.1) is 6.58 Å². The van der Waals surface area contributed by atoms with Crippen molar-refractivity contribution in [3.63, 3.8) is 0 Å². The first-order chi connectivity index (χ1) is 17.4. The second kappa shape index (κ2) is 9.05. The Morgan fingerprint density at radius 3 is 2.75 bits per heavy atom. The second-order valence-electron chi connectivity index (χ2n) is 10.00. The van der Waals surface area contributed by atoms with Gasteiger partial charge in [0, 0.05) is 23.6 Å². The molecule has 1 aromatic carbocycles. The molecule has 4 unspecified atom stereocenters. The summed E-state index contributed by atoms with van der Waals surface area (Å²) in [5.41, 5.74) is 1.81. The van der Waals surface area contributed by atoms with Crippen LogP contribution in [0.4, 0.5) is 0 Å². The molecule has 10 nitrogen and oxygen atoms in total. The largest absolute Gasteiger partial charge is 0.471 e. The maximum atomic E-state index is 13.5. The SMILES string of the molecule is C=C[C@H]1C(O[C@@H]2O[C@H](CO)[C@@H](O)[C@H](O)[C@H]2O)OC=C2C(=O)N3CCC4=c5ccccc5=NC4C3CC21. The van der Waals surface area contributed by atoms with Crippen LogP contribution in [0, 0.1) is 11.8 Å². The van der Waals surface area contributed by atoms with Crippen LogP contribution in [0.3, 0.4) is 0 Å². The summed E-state index contributed by atoms with van der Waals surface area (Å²) in [5, 5.41) is 42.2. The first kappa shape index (κ1) is 23.8. The highest BCUT2D eigenvalue weighted by atomic mass is 16.8. The zero-order valence-electron chi connectivity index (χ0n) is 19.6. The Morgan fingerprint density at radius 2 is 1.97 bits per heavy atom. The maximum absolute atomic E-state index is 13.5. The fraction of sp³-hybridized carbons (Fsp3) is 0.538. The lowest BCUT2D eigenvalue weighted by atomic mass is 9.72. The van der Waals surface area contributed by atoms with Crippen LogP contribution >= 0.6 is 0 Å². The van der Waals surface area contributed by atoms with Gasteiger partial charge < -0.3 is 39.5 Å². The van der Waals surface area contributed by atoms with Crippen molar-refractivity contribution in [2.75, 3.05) is 13.2 Å². The molecular formula is C26H30N2O8. The Labute approximate surface area is 207 Å². The molecule has 1 amide bonds. The van der Waals surface area contributed by atoms with Gasteiger partial charge in [-0.1, -0.05) is 24.3 Å². The van der Waals surface area contributed by atoms with E-state index < -0.39 is 49.5 Å². The lowest BCUT2D eigenvalue weighted by molar-refractivity contribution is -0.339. The number of rotatable bonds is 4. The van der Waals surface area contributed by atoms with E-state index in [4.69, 9.17) is 19.2 Å². The minimum Gasteiger partial charge on any atom is -0.471 e. The number of aliphatic hydroxyl groups excluding tert-OH is 4. The Kier molecular flexibility index (Phi) is 5.98. The monoisotopic (exact) mass is 498 g/mol. The lowest BCUT2D eigenvalue weighted by Gasteiger charge is -2.50. The number of amides is 1. The molecule has 5 aliphatic heterocycles. The van der Waals surface area contributed by atoms with Gasteiger partial charge in [0.15, 0.2) is 6.29 Å². The van der Waals surface area contributed by atoms with Gasteiger partial charge in [0.2, 0.25) is 6.29 Å². The summed E-state index contributed by atoms with van der Waals surface area (Å²) in [7, 11) is 0. The number of aliphatic hydroxyl groups is 4. The zero-order valence-corrected chi connectivity index (χ0v) is 19.6. The molecule has 10 atom stereocenters. The van der Waals surface area contributed by atoms with Crippen molar-refractivity contribution >= 4 is 11.5 Å². The number of piperidine rings is 2. The summed E-state index contributed by atoms with van der Waals surface area (Å²) in [5.74, 6) is -0.782. The first-order valence-electron chi connectivity index (χ1n) is 12.3. The molecule has 0 aromatic heterocycles. The highest BCUT2D eigenvalue weighted by molar-refractivity contribution is 5.95. The average Bonchev–Trinajstić information content (AvgIpc) is 3.28. The van der Waals surface area contributed by atoms with Crippen LogP contribution in [0.2, 0.25) is 0 Å². The topological polar surface area (TPSA) is 141 Å². The van der Waals surface area contributed by atoms with Crippen molar-refractivity contribution in [1.82, 2.24) is 4.90 Å². The van der Waals surface area contributed by atoms with E-state index in [9.17, 15) is 25.2 Å². The Morgan fingerprint density at radius 1 is 1.17 bits per heavy atom. The molecular weight excluding hydrogens is 468 g/mol. The van der Waals surface area contributed by atoms with E-state index in [1.807, 2.05) is 23.1 Å². The molecule has 0 spiro atoms. The third-order valence-electron chi connectivity index (χ3n) is 8.17. The number of hydrogen-bond donors (Lipinski definition) is 4. The molecule has 0 radical (unpaired) electrons. The van der Waals surface area contributed by atoms with Crippen LogP contribution in [-0.4, -0.2) is 93.5 Å². The number of hydrogen-bond acceptors (Lipinski definition) is 9. The van der Waals surface area contributed by atoms with E-state index in [1.165, 1.54) is 11.8 Å². The van der Waals surface area contributed by atoms with Crippen molar-refractivity contribution in [3.05, 3.63) is 59.3 Å². The van der Waals surface area contributed by atoms with Crippen molar-refractivity contribution in [1.29, 1.82) is 0 Å². The summed E-state index contributed by atoms with van der Waals surface area (Å²) in [4.78, 5) is 20.4. The van der Waals surface area contributed by atoms with Gasteiger partial charge in [-0.3, -0.25) is 9.79 Å². The van der Waals surface area contributed by atoms with Crippen molar-refractivity contribution in [2.24, 2.45) is 16.8 Å². The highest BCUT2D eigenvalue weighted by Gasteiger charge is 2.52. The molecule has 0 bridgehead atoms. The fourth-order valence-corrected chi connectivity index (χ4v) is 6.28. The van der Waals surface area contributed by atoms with Crippen LogP contribution in [-0.2, 0) is 19.0 Å². The van der Waals surface area contributed by atoms with Crippen LogP contribution in [0.1, 0.15) is 12.8 Å². The molecule has 6 rings (SSSR count). The minimum absolute atomic E-state index is 0.0837. The van der Waals surface area contributed by atoms with Crippen LogP contribution < -0.4 is 10.6 Å². The van der Waals surface area contributed by atoms with Crippen LogP contribution in [0.5, 0.6) is 0 Å². The van der Waals surface area contributed by atoms with Gasteiger partial charge in [0.25, 0.3) is 5.91 Å². The second-order valence-corrected chi connectivity index (χ2v) is 10.00. The number of fused-ring (bicyclic) bond motifs is 5. The van der Waals surface area contributed by atoms with E-state index in [1.54, 1.807) is 6.08 Å². The zero-order chi connectivity index (χ0) is 25.1. The quantitative estimate of drug-likeness (QED) is 0.361. The Bertz CT molecular complexity index is 1210. The lowest BCUT2D eigenvalue weighted by Crippen LogP contribution is -2.61. The summed E-state index contributed by atoms with van der Waals surface area (Å²) in [6.45, 7) is 4.00. The number of ether oxygens (including phenoxy) is 3. The average molecular weight is 499 g/mol. The number of benzene rings is 1. The molecule has 10 heteroatoms. The van der Waals surface area contributed by atoms with Crippen molar-refractivity contribution in [2.45, 2.75) is 61.9 Å². The third kappa shape index (κ3) is 3.55. The molecule has 0 saturated carbocycles. The van der Waals surface area contributed by atoms with E-state index in [0.29, 0.717) is 18.5 Å². The standard InChI is InChI=1S/C26H30N2O8/c1-2-12-15-9-18-20-14(13-5-3-4-6-17(13)27-20)7-8-28(18)24(33)16(15)11-34-25(12)36-26-23(32)22(31)21(30)19(10-29)35-26/h2-6,11-12,15,18-23,25-26,29-32H,1,7-10H2/t12-,15?,18?,19-,20?,21-,22+,23-,25?,26+/m1/s1. The normalized spacial score (nSPS) is 41.2. The summed E-state index contributed by atoms with van der Waals surface area (Å²) in [6.07, 6.45) is -3.52. The Balaban J connectivity index is 1.27. The first-order valence-corrected chi connectivity index (χ1v) is 12.3. The number of carbonyl (C=O) groups excluding carboxylic acids is 1. The van der Waals surface area contributed by atoms with Gasteiger partial charge >= 0.3 is 0 Å². The smallest absolute Gasteiger partial charge is 0.253 e. The third-order valence-corrected chi connectivity index (χ3v) is 8.17. The molecule has 3 fully saturated rings. The molecule has 36 heavy (non-hydrogen) atoms. The number of para-hydroxylation sites is 1. The van der Waals surface area contributed by atoms with Crippen LogP contribution in [0.15, 0.2) is 53.7 Å². The van der Waals surface area contributed by atoms with Gasteiger partial charge in [-0.2, -0.15) is 0 Å². The van der Waals surface area contributed by atoms with Crippen molar-refractivity contribution < 1.29 is 39.4 Å². The molecule has 4 N–H and O–H groups in total. The summed E-state index contributed by atoms with van der Waals surface area (Å²) in [6, 6.07) is 7.87. The fourth-order valence-electron chi connectivity index (χ4n) is 6.28. The maximum Gasteiger partial charge on any atom is 0.253 e. The number of nitrogens with zero attached hydrogens (tertiary/aromatic N) is 2.